The Morgan fingerprint density at radius 1 is 1.36 bits per heavy atom. The fourth-order valence-corrected chi connectivity index (χ4v) is 2.91. The van der Waals surface area contributed by atoms with Crippen LogP contribution in [0.25, 0.3) is 0 Å². The van der Waals surface area contributed by atoms with Crippen LogP contribution >= 0.6 is 0 Å². The fraction of sp³-hybridized carbons (Fsp3) is 0.500. The van der Waals surface area contributed by atoms with E-state index in [0.717, 1.165) is 25.1 Å². The number of aryl methyl sites for hydroxylation is 1. The number of hydrogen-bond donors (Lipinski definition) is 0. The zero-order chi connectivity index (χ0) is 17.6. The molecule has 1 saturated heterocycles. The van der Waals surface area contributed by atoms with Crippen LogP contribution < -0.4 is 4.74 Å². The molecule has 1 fully saturated rings. The van der Waals surface area contributed by atoms with E-state index < -0.39 is 0 Å². The second-order valence-corrected chi connectivity index (χ2v) is 6.14. The molecule has 134 valence electrons. The van der Waals surface area contributed by atoms with E-state index in [1.807, 2.05) is 36.1 Å². The van der Waals surface area contributed by atoms with Gasteiger partial charge in [-0.05, 0) is 31.9 Å². The molecule has 1 amide bonds. The third-order valence-corrected chi connectivity index (χ3v) is 4.26. The van der Waals surface area contributed by atoms with Crippen LogP contribution in [-0.4, -0.2) is 41.2 Å². The predicted octanol–water partition coefficient (Wildman–Crippen LogP) is 2.66. The van der Waals surface area contributed by atoms with E-state index in [1.54, 1.807) is 7.11 Å². The van der Waals surface area contributed by atoms with Crippen LogP contribution in [0.4, 0.5) is 0 Å². The first-order chi connectivity index (χ1) is 12.2. The van der Waals surface area contributed by atoms with Crippen molar-refractivity contribution in [2.45, 2.75) is 38.8 Å². The number of amides is 1. The molecule has 2 heterocycles. The second kappa shape index (κ2) is 8.11. The van der Waals surface area contributed by atoms with Gasteiger partial charge in [-0.2, -0.15) is 4.98 Å². The van der Waals surface area contributed by atoms with Crippen LogP contribution in [0.3, 0.4) is 0 Å². The van der Waals surface area contributed by atoms with E-state index in [-0.39, 0.29) is 18.6 Å². The average Bonchev–Trinajstić information content (AvgIpc) is 3.28. The molecule has 1 aromatic carbocycles. The highest BCUT2D eigenvalue weighted by molar-refractivity contribution is 5.77. The van der Waals surface area contributed by atoms with Crippen LogP contribution in [0.5, 0.6) is 5.75 Å². The standard InChI is InChI=1S/C18H23N3O4/c1-13-5-7-14(8-6-13)24-12-16-19-18(20-25-16)15-4-3-10-21(15)17(22)9-11-23-2/h5-8,15H,3-4,9-12H2,1-2H3. The minimum Gasteiger partial charge on any atom is -0.484 e. The largest absolute Gasteiger partial charge is 0.484 e. The molecule has 1 aliphatic heterocycles. The summed E-state index contributed by atoms with van der Waals surface area (Å²) >= 11 is 0. The predicted molar refractivity (Wildman–Crippen MR) is 90.0 cm³/mol. The van der Waals surface area contributed by atoms with E-state index in [4.69, 9.17) is 14.0 Å². The third kappa shape index (κ3) is 4.36. The lowest BCUT2D eigenvalue weighted by atomic mass is 10.2. The van der Waals surface area contributed by atoms with E-state index >= 15 is 0 Å². The molecule has 25 heavy (non-hydrogen) atoms. The van der Waals surface area contributed by atoms with Gasteiger partial charge in [0, 0.05) is 13.7 Å². The number of carbonyl (C=O) groups is 1. The van der Waals surface area contributed by atoms with E-state index in [1.165, 1.54) is 5.56 Å². The number of nitrogens with zero attached hydrogens (tertiary/aromatic N) is 3. The lowest BCUT2D eigenvalue weighted by Gasteiger charge is -2.22. The average molecular weight is 345 g/mol. The first kappa shape index (κ1) is 17.4. The van der Waals surface area contributed by atoms with Gasteiger partial charge in [-0.3, -0.25) is 4.79 Å². The highest BCUT2D eigenvalue weighted by Crippen LogP contribution is 2.30. The van der Waals surface area contributed by atoms with Gasteiger partial charge < -0.3 is 18.9 Å². The minimum atomic E-state index is -0.124. The lowest BCUT2D eigenvalue weighted by molar-refractivity contribution is -0.133. The van der Waals surface area contributed by atoms with Gasteiger partial charge in [0.1, 0.15) is 5.75 Å². The summed E-state index contributed by atoms with van der Waals surface area (Å²) in [5.41, 5.74) is 1.17. The summed E-state index contributed by atoms with van der Waals surface area (Å²) < 4.78 is 15.9. The molecule has 2 aromatic rings. The van der Waals surface area contributed by atoms with Crippen molar-refractivity contribution in [3.63, 3.8) is 0 Å². The van der Waals surface area contributed by atoms with Crippen molar-refractivity contribution in [2.24, 2.45) is 0 Å². The van der Waals surface area contributed by atoms with E-state index in [0.29, 0.717) is 24.7 Å². The molecule has 1 atom stereocenters. The van der Waals surface area contributed by atoms with Gasteiger partial charge in [0.15, 0.2) is 12.4 Å². The monoisotopic (exact) mass is 345 g/mol. The van der Waals surface area contributed by atoms with Gasteiger partial charge in [0.05, 0.1) is 19.1 Å². The molecule has 0 aliphatic carbocycles. The topological polar surface area (TPSA) is 77.7 Å². The molecular weight excluding hydrogens is 322 g/mol. The quantitative estimate of drug-likeness (QED) is 0.768. The number of carbonyl (C=O) groups excluding carboxylic acids is 1. The van der Waals surface area contributed by atoms with Crippen molar-refractivity contribution in [1.29, 1.82) is 0 Å². The van der Waals surface area contributed by atoms with Gasteiger partial charge in [-0.1, -0.05) is 22.9 Å². The summed E-state index contributed by atoms with van der Waals surface area (Å²) in [6.45, 7) is 3.37. The number of ether oxygens (including phenoxy) is 2. The molecule has 1 unspecified atom stereocenters. The Morgan fingerprint density at radius 2 is 2.16 bits per heavy atom. The minimum absolute atomic E-state index is 0.0617. The van der Waals surface area contributed by atoms with E-state index in [9.17, 15) is 4.79 Å². The SMILES string of the molecule is COCCC(=O)N1CCCC1c1noc(COc2ccc(C)cc2)n1. The van der Waals surface area contributed by atoms with Crippen LogP contribution in [0.2, 0.25) is 0 Å². The Hall–Kier alpha value is -2.41. The molecule has 3 rings (SSSR count). The molecule has 7 heteroatoms. The number of likely N-dealkylation sites (tertiary alicyclic amines) is 1. The van der Waals surface area contributed by atoms with Gasteiger partial charge in [0.2, 0.25) is 5.91 Å². The molecule has 0 saturated carbocycles. The van der Waals surface area contributed by atoms with Gasteiger partial charge in [-0.15, -0.1) is 0 Å². The maximum absolute atomic E-state index is 12.3. The van der Waals surface area contributed by atoms with Crippen molar-refractivity contribution < 1.29 is 18.8 Å². The number of hydrogen-bond acceptors (Lipinski definition) is 6. The Morgan fingerprint density at radius 3 is 2.92 bits per heavy atom. The summed E-state index contributed by atoms with van der Waals surface area (Å²) in [5, 5.41) is 4.05. The maximum atomic E-state index is 12.3. The van der Waals surface area contributed by atoms with Crippen molar-refractivity contribution in [3.8, 4) is 5.75 Å². The summed E-state index contributed by atoms with van der Waals surface area (Å²) in [6, 6.07) is 7.65. The van der Waals surface area contributed by atoms with Crippen LogP contribution in [0, 0.1) is 6.92 Å². The van der Waals surface area contributed by atoms with Gasteiger partial charge >= 0.3 is 0 Å². The van der Waals surface area contributed by atoms with Crippen molar-refractivity contribution in [2.75, 3.05) is 20.3 Å². The summed E-state index contributed by atoms with van der Waals surface area (Å²) in [6.07, 6.45) is 2.15. The first-order valence-electron chi connectivity index (χ1n) is 8.47. The molecule has 0 spiro atoms. The van der Waals surface area contributed by atoms with Crippen molar-refractivity contribution in [1.82, 2.24) is 15.0 Å². The molecule has 0 bridgehead atoms. The van der Waals surface area contributed by atoms with Crippen LogP contribution in [-0.2, 0) is 16.1 Å². The molecule has 0 radical (unpaired) electrons. The van der Waals surface area contributed by atoms with Crippen molar-refractivity contribution in [3.05, 3.63) is 41.5 Å². The molecule has 1 aromatic heterocycles. The Labute approximate surface area is 146 Å². The van der Waals surface area contributed by atoms with E-state index in [2.05, 4.69) is 10.1 Å². The zero-order valence-electron chi connectivity index (χ0n) is 14.6. The number of benzene rings is 1. The fourth-order valence-electron chi connectivity index (χ4n) is 2.91. The number of aromatic nitrogens is 2. The molecular formula is C18H23N3O4. The number of rotatable bonds is 7. The smallest absolute Gasteiger partial charge is 0.264 e. The Kier molecular flexibility index (Phi) is 5.65. The highest BCUT2D eigenvalue weighted by Gasteiger charge is 2.33. The summed E-state index contributed by atoms with van der Waals surface area (Å²) in [4.78, 5) is 18.5. The summed E-state index contributed by atoms with van der Waals surface area (Å²) in [5.74, 6) is 1.77. The zero-order valence-corrected chi connectivity index (χ0v) is 14.6. The molecule has 0 N–H and O–H groups in total. The van der Waals surface area contributed by atoms with Crippen LogP contribution in [0.1, 0.15) is 42.6 Å². The molecule has 7 nitrogen and oxygen atoms in total. The van der Waals surface area contributed by atoms with Crippen LogP contribution in [0.15, 0.2) is 28.8 Å². The summed E-state index contributed by atoms with van der Waals surface area (Å²) in [7, 11) is 1.59. The third-order valence-electron chi connectivity index (χ3n) is 4.26. The molecule has 1 aliphatic rings. The second-order valence-electron chi connectivity index (χ2n) is 6.14. The first-order valence-corrected chi connectivity index (χ1v) is 8.47. The van der Waals surface area contributed by atoms with Gasteiger partial charge in [0.25, 0.3) is 5.89 Å². The lowest BCUT2D eigenvalue weighted by Crippen LogP contribution is -2.31. The number of methoxy groups -OCH3 is 1. The highest BCUT2D eigenvalue weighted by atomic mass is 16.5. The maximum Gasteiger partial charge on any atom is 0.264 e. The Bertz CT molecular complexity index is 699. The normalized spacial score (nSPS) is 17.0. The van der Waals surface area contributed by atoms with Gasteiger partial charge in [-0.25, -0.2) is 0 Å². The Balaban J connectivity index is 1.60. The van der Waals surface area contributed by atoms with Crippen molar-refractivity contribution >= 4 is 5.91 Å².